The van der Waals surface area contributed by atoms with Gasteiger partial charge in [0.25, 0.3) is 5.69 Å². The molecule has 0 bridgehead atoms. The minimum atomic E-state index is -4.00. The zero-order chi connectivity index (χ0) is 14.6. The number of rotatable bonds is 5. The number of sulfonamides is 1. The Hall–Kier alpha value is -1.62. The number of nitro groups is 1. The third kappa shape index (κ3) is 3.67. The van der Waals surface area contributed by atoms with Gasteiger partial charge in [-0.15, -0.1) is 6.42 Å². The first-order valence-electron chi connectivity index (χ1n) is 5.24. The second kappa shape index (κ2) is 6.02. The fraction of sp³-hybridized carbons (Fsp3) is 0.273. The molecule has 6 nitrogen and oxygen atoms in total. The number of non-ortho nitro benzene ring substituents is 1. The topological polar surface area (TPSA) is 89.3 Å². The molecule has 1 rings (SSSR count). The first-order chi connectivity index (χ1) is 8.81. The van der Waals surface area contributed by atoms with Crippen LogP contribution in [0.4, 0.5) is 5.69 Å². The summed E-state index contributed by atoms with van der Waals surface area (Å²) in [5, 5.41) is 10.5. The van der Waals surface area contributed by atoms with Crippen molar-refractivity contribution in [3.8, 4) is 12.3 Å². The van der Waals surface area contributed by atoms with Crippen LogP contribution in [-0.4, -0.2) is 19.4 Å². The van der Waals surface area contributed by atoms with Crippen molar-refractivity contribution in [1.29, 1.82) is 0 Å². The van der Waals surface area contributed by atoms with Crippen molar-refractivity contribution in [1.82, 2.24) is 4.72 Å². The summed E-state index contributed by atoms with van der Waals surface area (Å²) in [7, 11) is -4.00. The summed E-state index contributed by atoms with van der Waals surface area (Å²) in [6, 6.07) is 2.49. The largest absolute Gasteiger partial charge is 0.270 e. The molecule has 0 fully saturated rings. The van der Waals surface area contributed by atoms with Crippen LogP contribution in [0.5, 0.6) is 0 Å². The molecule has 0 amide bonds. The lowest BCUT2D eigenvalue weighted by atomic mass is 10.3. The lowest BCUT2D eigenvalue weighted by Gasteiger charge is -2.12. The van der Waals surface area contributed by atoms with Crippen molar-refractivity contribution >= 4 is 27.3 Å². The minimum absolute atomic E-state index is 0.107. The van der Waals surface area contributed by atoms with Gasteiger partial charge in [-0.2, -0.15) is 4.72 Å². The molecule has 0 aromatic heterocycles. The molecular formula is C11H11ClN2O4S. The van der Waals surface area contributed by atoms with Gasteiger partial charge in [0.15, 0.2) is 0 Å². The predicted octanol–water partition coefficient (Wildman–Crippen LogP) is 1.94. The molecule has 0 spiro atoms. The molecule has 0 saturated heterocycles. The maximum absolute atomic E-state index is 12.0. The van der Waals surface area contributed by atoms with Crippen molar-refractivity contribution in [3.05, 3.63) is 33.3 Å². The molecule has 0 radical (unpaired) electrons. The van der Waals surface area contributed by atoms with E-state index in [0.717, 1.165) is 18.2 Å². The summed E-state index contributed by atoms with van der Waals surface area (Å²) in [5.74, 6) is 2.27. The summed E-state index contributed by atoms with van der Waals surface area (Å²) in [4.78, 5) is 9.58. The van der Waals surface area contributed by atoms with E-state index in [1.165, 1.54) is 0 Å². The van der Waals surface area contributed by atoms with Gasteiger partial charge in [-0.25, -0.2) is 8.42 Å². The van der Waals surface area contributed by atoms with Crippen LogP contribution in [0, 0.1) is 22.5 Å². The van der Waals surface area contributed by atoms with Gasteiger partial charge in [0.2, 0.25) is 10.0 Å². The Kier molecular flexibility index (Phi) is 4.89. The van der Waals surface area contributed by atoms with Crippen LogP contribution < -0.4 is 4.72 Å². The van der Waals surface area contributed by atoms with Gasteiger partial charge < -0.3 is 0 Å². The molecule has 0 heterocycles. The summed E-state index contributed by atoms with van der Waals surface area (Å²) in [6.45, 7) is 1.71. The lowest BCUT2D eigenvalue weighted by molar-refractivity contribution is -0.385. The third-order valence-corrected chi connectivity index (χ3v) is 4.28. The van der Waals surface area contributed by atoms with Gasteiger partial charge >= 0.3 is 0 Å². The molecule has 19 heavy (non-hydrogen) atoms. The fourth-order valence-electron chi connectivity index (χ4n) is 1.30. The second-order valence-electron chi connectivity index (χ2n) is 3.62. The standard InChI is InChI=1S/C11H11ClN2O4S/c1-3-8(4-2)13-19(17,18)11-7-9(14(15)16)5-6-10(11)12/h1,5-8,13H,4H2,2H3. The highest BCUT2D eigenvalue weighted by Gasteiger charge is 2.23. The molecule has 8 heteroatoms. The first kappa shape index (κ1) is 15.4. The van der Waals surface area contributed by atoms with Crippen LogP contribution in [0.15, 0.2) is 23.1 Å². The van der Waals surface area contributed by atoms with Gasteiger partial charge in [0.05, 0.1) is 16.0 Å². The molecule has 1 unspecified atom stereocenters. The molecule has 102 valence electrons. The van der Waals surface area contributed by atoms with Crippen LogP contribution in [0.25, 0.3) is 0 Å². The van der Waals surface area contributed by atoms with E-state index in [1.807, 2.05) is 0 Å². The van der Waals surface area contributed by atoms with Crippen molar-refractivity contribution in [3.63, 3.8) is 0 Å². The van der Waals surface area contributed by atoms with E-state index in [0.29, 0.717) is 6.42 Å². The average molecular weight is 303 g/mol. The van der Waals surface area contributed by atoms with E-state index in [1.54, 1.807) is 6.92 Å². The van der Waals surface area contributed by atoms with Crippen LogP contribution in [0.1, 0.15) is 13.3 Å². The number of hydrogen-bond donors (Lipinski definition) is 1. The van der Waals surface area contributed by atoms with E-state index in [4.69, 9.17) is 18.0 Å². The van der Waals surface area contributed by atoms with Crippen LogP contribution >= 0.6 is 11.6 Å². The molecule has 0 aliphatic heterocycles. The SMILES string of the molecule is C#CC(CC)NS(=O)(=O)c1cc([N+](=O)[O-])ccc1Cl. The summed E-state index contributed by atoms with van der Waals surface area (Å²) < 4.78 is 26.3. The van der Waals surface area contributed by atoms with Gasteiger partial charge in [-0.1, -0.05) is 24.4 Å². The predicted molar refractivity (Wildman–Crippen MR) is 71.3 cm³/mol. The van der Waals surface area contributed by atoms with Crippen molar-refractivity contribution in [2.45, 2.75) is 24.3 Å². The number of nitrogens with one attached hydrogen (secondary N) is 1. The zero-order valence-corrected chi connectivity index (χ0v) is 11.5. The minimum Gasteiger partial charge on any atom is -0.258 e. The van der Waals surface area contributed by atoms with Crippen LogP contribution in [0.2, 0.25) is 5.02 Å². The van der Waals surface area contributed by atoms with E-state index < -0.39 is 21.0 Å². The summed E-state index contributed by atoms with van der Waals surface area (Å²) >= 11 is 5.76. The molecule has 1 N–H and O–H groups in total. The molecule has 0 aliphatic carbocycles. The van der Waals surface area contributed by atoms with Crippen molar-refractivity contribution < 1.29 is 13.3 Å². The number of nitro benzene ring substituents is 1. The van der Waals surface area contributed by atoms with Gasteiger partial charge in [0, 0.05) is 12.1 Å². The average Bonchev–Trinajstić information content (AvgIpc) is 2.35. The number of benzene rings is 1. The normalized spacial score (nSPS) is 12.7. The monoisotopic (exact) mass is 302 g/mol. The smallest absolute Gasteiger partial charge is 0.258 e. The van der Waals surface area contributed by atoms with Crippen LogP contribution in [0.3, 0.4) is 0 Å². The lowest BCUT2D eigenvalue weighted by Crippen LogP contribution is -2.33. The summed E-state index contributed by atoms with van der Waals surface area (Å²) in [6.07, 6.45) is 5.56. The van der Waals surface area contributed by atoms with Gasteiger partial charge in [0.1, 0.15) is 4.90 Å². The highest BCUT2D eigenvalue weighted by atomic mass is 35.5. The Morgan fingerprint density at radius 3 is 2.68 bits per heavy atom. The van der Waals surface area contributed by atoms with E-state index >= 15 is 0 Å². The highest BCUT2D eigenvalue weighted by Crippen LogP contribution is 2.26. The number of hydrogen-bond acceptors (Lipinski definition) is 4. The molecule has 0 aliphatic rings. The fourth-order valence-corrected chi connectivity index (χ4v) is 3.06. The molecule has 0 saturated carbocycles. The zero-order valence-electron chi connectivity index (χ0n) is 9.96. The molecule has 1 aromatic carbocycles. The molecular weight excluding hydrogens is 292 g/mol. The number of nitrogens with zero attached hydrogens (tertiary/aromatic N) is 1. The number of terminal acetylenes is 1. The van der Waals surface area contributed by atoms with E-state index in [-0.39, 0.29) is 15.6 Å². The maximum atomic E-state index is 12.0. The van der Waals surface area contributed by atoms with Crippen molar-refractivity contribution in [2.24, 2.45) is 0 Å². The van der Waals surface area contributed by atoms with Crippen molar-refractivity contribution in [2.75, 3.05) is 0 Å². The second-order valence-corrected chi connectivity index (χ2v) is 5.71. The number of halogens is 1. The quantitative estimate of drug-likeness (QED) is 0.511. The molecule has 1 atom stereocenters. The van der Waals surface area contributed by atoms with Gasteiger partial charge in [-0.05, 0) is 12.5 Å². The Morgan fingerprint density at radius 1 is 1.58 bits per heavy atom. The Morgan fingerprint density at radius 2 is 2.21 bits per heavy atom. The third-order valence-electron chi connectivity index (χ3n) is 2.32. The first-order valence-corrected chi connectivity index (χ1v) is 7.10. The maximum Gasteiger partial charge on any atom is 0.270 e. The van der Waals surface area contributed by atoms with E-state index in [2.05, 4.69) is 10.6 Å². The Labute approximate surface area is 116 Å². The van der Waals surface area contributed by atoms with E-state index in [9.17, 15) is 18.5 Å². The molecule has 1 aromatic rings. The Bertz CT molecular complexity index is 637. The summed E-state index contributed by atoms with van der Waals surface area (Å²) in [5.41, 5.74) is -0.362. The Balaban J connectivity index is 3.25. The van der Waals surface area contributed by atoms with Gasteiger partial charge in [-0.3, -0.25) is 10.1 Å². The van der Waals surface area contributed by atoms with Crippen LogP contribution in [-0.2, 0) is 10.0 Å². The highest BCUT2D eigenvalue weighted by molar-refractivity contribution is 7.89.